The van der Waals surface area contributed by atoms with Crippen molar-refractivity contribution in [3.05, 3.63) is 63.7 Å². The lowest BCUT2D eigenvalue weighted by atomic mass is 10.0. The van der Waals surface area contributed by atoms with Crippen molar-refractivity contribution in [1.82, 2.24) is 9.62 Å². The first-order valence-corrected chi connectivity index (χ1v) is 10.9. The Balaban J connectivity index is 2.23. The fraction of sp³-hybridized carbons (Fsp3) is 0.400. The normalized spacial score (nSPS) is 12.7. The molecule has 2 aromatic rings. The van der Waals surface area contributed by atoms with Gasteiger partial charge in [0.2, 0.25) is 10.0 Å². The Hall–Kier alpha value is -2.49. The van der Waals surface area contributed by atoms with Crippen molar-refractivity contribution < 1.29 is 13.3 Å². The molecule has 0 spiro atoms. The number of nitrogens with zero attached hydrogens (tertiary/aromatic N) is 2. The SMILES string of the molecule is CCc1ccc(C(C)Nc2ccc(S(=O)(=O)NCCN(C)C)cc2[N+](=O)[O-])cc1. The number of nitrogens with one attached hydrogen (secondary N) is 2. The lowest BCUT2D eigenvalue weighted by molar-refractivity contribution is -0.384. The van der Waals surface area contributed by atoms with Crippen molar-refractivity contribution in [3.63, 3.8) is 0 Å². The molecule has 2 rings (SSSR count). The van der Waals surface area contributed by atoms with Crippen molar-refractivity contribution >= 4 is 21.4 Å². The van der Waals surface area contributed by atoms with Crippen LogP contribution in [0.15, 0.2) is 47.4 Å². The van der Waals surface area contributed by atoms with Crippen LogP contribution in [0, 0.1) is 10.1 Å². The fourth-order valence-electron chi connectivity index (χ4n) is 2.80. The van der Waals surface area contributed by atoms with E-state index in [0.717, 1.165) is 18.1 Å². The van der Waals surface area contributed by atoms with Gasteiger partial charge in [0.15, 0.2) is 0 Å². The van der Waals surface area contributed by atoms with Gasteiger partial charge in [-0.1, -0.05) is 31.2 Å². The van der Waals surface area contributed by atoms with E-state index < -0.39 is 14.9 Å². The van der Waals surface area contributed by atoms with Crippen LogP contribution in [0.1, 0.15) is 31.0 Å². The molecular weight excluding hydrogens is 392 g/mol. The van der Waals surface area contributed by atoms with Crippen LogP contribution in [0.2, 0.25) is 0 Å². The van der Waals surface area contributed by atoms with Gasteiger partial charge in [-0.3, -0.25) is 10.1 Å². The van der Waals surface area contributed by atoms with Gasteiger partial charge in [-0.15, -0.1) is 0 Å². The summed E-state index contributed by atoms with van der Waals surface area (Å²) in [6.07, 6.45) is 0.937. The molecule has 0 aromatic heterocycles. The fourth-order valence-corrected chi connectivity index (χ4v) is 3.84. The van der Waals surface area contributed by atoms with Crippen molar-refractivity contribution in [2.24, 2.45) is 0 Å². The zero-order valence-electron chi connectivity index (χ0n) is 17.2. The third-order valence-corrected chi connectivity index (χ3v) is 6.05. The summed E-state index contributed by atoms with van der Waals surface area (Å²) in [7, 11) is -0.166. The molecule has 0 amide bonds. The van der Waals surface area contributed by atoms with Crippen LogP contribution in [-0.4, -0.2) is 45.4 Å². The van der Waals surface area contributed by atoms with Crippen molar-refractivity contribution in [2.75, 3.05) is 32.5 Å². The number of benzene rings is 2. The van der Waals surface area contributed by atoms with Crippen LogP contribution in [0.3, 0.4) is 0 Å². The number of anilines is 1. The Morgan fingerprint density at radius 1 is 1.14 bits per heavy atom. The quantitative estimate of drug-likeness (QED) is 0.452. The van der Waals surface area contributed by atoms with Gasteiger partial charge in [0.1, 0.15) is 5.69 Å². The average molecular weight is 421 g/mol. The van der Waals surface area contributed by atoms with E-state index in [2.05, 4.69) is 17.0 Å². The van der Waals surface area contributed by atoms with E-state index in [1.54, 1.807) is 0 Å². The van der Waals surface area contributed by atoms with Crippen LogP contribution in [0.25, 0.3) is 0 Å². The van der Waals surface area contributed by atoms with Gasteiger partial charge in [0.25, 0.3) is 5.69 Å². The molecule has 0 heterocycles. The Kier molecular flexibility index (Phi) is 7.72. The minimum absolute atomic E-state index is 0.131. The van der Waals surface area contributed by atoms with E-state index >= 15 is 0 Å². The third-order valence-electron chi connectivity index (χ3n) is 4.59. The standard InChI is InChI=1S/C20H28N4O4S/c1-5-16-6-8-17(9-7-16)15(2)22-19-11-10-18(14-20(19)24(25)26)29(27,28)21-12-13-23(3)4/h6-11,14-15,21-22H,5,12-13H2,1-4H3. The van der Waals surface area contributed by atoms with Crippen molar-refractivity contribution in [3.8, 4) is 0 Å². The first kappa shape index (κ1) is 22.8. The van der Waals surface area contributed by atoms with Gasteiger partial charge in [-0.2, -0.15) is 0 Å². The first-order chi connectivity index (χ1) is 13.6. The molecule has 0 aliphatic carbocycles. The molecule has 2 N–H and O–H groups in total. The monoisotopic (exact) mass is 420 g/mol. The average Bonchev–Trinajstić information content (AvgIpc) is 2.67. The molecule has 0 aliphatic rings. The Morgan fingerprint density at radius 2 is 1.79 bits per heavy atom. The summed E-state index contributed by atoms with van der Waals surface area (Å²) in [5.74, 6) is 0. The van der Waals surface area contributed by atoms with Crippen molar-refractivity contribution in [2.45, 2.75) is 31.2 Å². The molecule has 0 fully saturated rings. The second kappa shape index (κ2) is 9.82. The summed E-state index contributed by atoms with van der Waals surface area (Å²) in [5.41, 5.74) is 2.19. The number of aryl methyl sites for hydroxylation is 1. The summed E-state index contributed by atoms with van der Waals surface area (Å²) in [6, 6.07) is 11.7. The van der Waals surface area contributed by atoms with Gasteiger partial charge in [0.05, 0.1) is 9.82 Å². The molecule has 0 bridgehead atoms. The first-order valence-electron chi connectivity index (χ1n) is 9.42. The lowest BCUT2D eigenvalue weighted by Crippen LogP contribution is -2.31. The highest BCUT2D eigenvalue weighted by Gasteiger charge is 2.22. The summed E-state index contributed by atoms with van der Waals surface area (Å²) in [4.78, 5) is 12.7. The maximum atomic E-state index is 12.4. The highest BCUT2D eigenvalue weighted by atomic mass is 32.2. The van der Waals surface area contributed by atoms with Crippen LogP contribution < -0.4 is 10.0 Å². The Bertz CT molecular complexity index is 943. The van der Waals surface area contributed by atoms with Crippen LogP contribution in [-0.2, 0) is 16.4 Å². The molecule has 1 atom stereocenters. The molecule has 8 nitrogen and oxygen atoms in total. The highest BCUT2D eigenvalue weighted by Crippen LogP contribution is 2.30. The number of rotatable bonds is 10. The lowest BCUT2D eigenvalue weighted by Gasteiger charge is -2.17. The second-order valence-corrected chi connectivity index (χ2v) is 8.87. The largest absolute Gasteiger partial charge is 0.373 e. The minimum atomic E-state index is -3.83. The summed E-state index contributed by atoms with van der Waals surface area (Å²) < 4.78 is 27.3. The number of hydrogen-bond acceptors (Lipinski definition) is 6. The molecule has 9 heteroatoms. The van der Waals surface area contributed by atoms with Crippen LogP contribution in [0.5, 0.6) is 0 Å². The number of nitro benzene ring substituents is 1. The maximum absolute atomic E-state index is 12.4. The Morgan fingerprint density at radius 3 is 2.34 bits per heavy atom. The smallest absolute Gasteiger partial charge is 0.293 e. The predicted octanol–water partition coefficient (Wildman–Crippen LogP) is 3.17. The number of hydrogen-bond donors (Lipinski definition) is 2. The molecular formula is C20H28N4O4S. The highest BCUT2D eigenvalue weighted by molar-refractivity contribution is 7.89. The number of likely N-dealkylation sites (N-methyl/N-ethyl adjacent to an activating group) is 1. The van der Waals surface area contributed by atoms with E-state index in [4.69, 9.17) is 0 Å². The van der Waals surface area contributed by atoms with E-state index in [9.17, 15) is 18.5 Å². The van der Waals surface area contributed by atoms with E-state index in [0.29, 0.717) is 6.54 Å². The zero-order chi connectivity index (χ0) is 21.6. The molecule has 0 saturated heterocycles. The molecule has 29 heavy (non-hydrogen) atoms. The van der Waals surface area contributed by atoms with Gasteiger partial charge in [0, 0.05) is 25.2 Å². The topological polar surface area (TPSA) is 105 Å². The zero-order valence-corrected chi connectivity index (χ0v) is 18.0. The maximum Gasteiger partial charge on any atom is 0.293 e. The van der Waals surface area contributed by atoms with Crippen LogP contribution >= 0.6 is 0 Å². The van der Waals surface area contributed by atoms with Crippen molar-refractivity contribution in [1.29, 1.82) is 0 Å². The number of sulfonamides is 1. The molecule has 1 unspecified atom stereocenters. The molecule has 0 saturated carbocycles. The Labute approximate surface area is 172 Å². The predicted molar refractivity (Wildman–Crippen MR) is 115 cm³/mol. The van der Waals surface area contributed by atoms with E-state index in [1.807, 2.05) is 50.2 Å². The summed E-state index contributed by atoms with van der Waals surface area (Å²) >= 11 is 0. The molecule has 0 radical (unpaired) electrons. The van der Waals surface area contributed by atoms with E-state index in [-0.39, 0.29) is 28.9 Å². The summed E-state index contributed by atoms with van der Waals surface area (Å²) in [6.45, 7) is 4.71. The third kappa shape index (κ3) is 6.25. The molecule has 158 valence electrons. The second-order valence-electron chi connectivity index (χ2n) is 7.10. The van der Waals surface area contributed by atoms with Gasteiger partial charge in [-0.05, 0) is 50.7 Å². The molecule has 0 aliphatic heterocycles. The number of nitro groups is 1. The van der Waals surface area contributed by atoms with Gasteiger partial charge in [-0.25, -0.2) is 13.1 Å². The van der Waals surface area contributed by atoms with E-state index in [1.165, 1.54) is 17.7 Å². The van der Waals surface area contributed by atoms with Gasteiger partial charge >= 0.3 is 0 Å². The van der Waals surface area contributed by atoms with Gasteiger partial charge < -0.3 is 10.2 Å². The summed E-state index contributed by atoms with van der Waals surface area (Å²) in [5, 5.41) is 14.7. The minimum Gasteiger partial charge on any atom is -0.373 e. The molecule has 2 aromatic carbocycles. The van der Waals surface area contributed by atoms with Crippen LogP contribution in [0.4, 0.5) is 11.4 Å².